The second-order valence-corrected chi connectivity index (χ2v) is 9.09. The van der Waals surface area contributed by atoms with Crippen LogP contribution < -0.4 is 15.4 Å². The molecule has 3 rings (SSSR count). The van der Waals surface area contributed by atoms with Gasteiger partial charge in [-0.2, -0.15) is 4.31 Å². The molecule has 2 N–H and O–H groups in total. The maximum absolute atomic E-state index is 13.1. The van der Waals surface area contributed by atoms with Crippen LogP contribution in [0.25, 0.3) is 0 Å². The van der Waals surface area contributed by atoms with Crippen LogP contribution in [0.2, 0.25) is 0 Å². The Balaban J connectivity index is 1.73. The number of nitrogens with one attached hydrogen (secondary N) is 2. The molecule has 0 bridgehead atoms. The number of carbonyl (C=O) groups excluding carboxylic acids is 2. The Morgan fingerprint density at radius 1 is 1.13 bits per heavy atom. The van der Waals surface area contributed by atoms with E-state index < -0.39 is 21.8 Å². The highest BCUT2D eigenvalue weighted by atomic mass is 32.2. The average Bonchev–Trinajstić information content (AvgIpc) is 3.08. The van der Waals surface area contributed by atoms with E-state index >= 15 is 0 Å². The predicted octanol–water partition coefficient (Wildman–Crippen LogP) is 2.02. The summed E-state index contributed by atoms with van der Waals surface area (Å²) in [7, 11) is -2.33. The van der Waals surface area contributed by atoms with Crippen LogP contribution in [0.3, 0.4) is 0 Å². The van der Waals surface area contributed by atoms with Gasteiger partial charge >= 0.3 is 0 Å². The zero-order chi connectivity index (χ0) is 22.3. The Morgan fingerprint density at radius 2 is 1.87 bits per heavy atom. The van der Waals surface area contributed by atoms with Crippen molar-refractivity contribution in [3.8, 4) is 5.75 Å². The monoisotopic (exact) mass is 446 g/mol. The van der Waals surface area contributed by atoms with Gasteiger partial charge in [0, 0.05) is 19.3 Å². The average molecular weight is 447 g/mol. The summed E-state index contributed by atoms with van der Waals surface area (Å²) in [6.45, 7) is 0.634. The summed E-state index contributed by atoms with van der Waals surface area (Å²) in [6.07, 6.45) is 6.70. The zero-order valence-electron chi connectivity index (χ0n) is 17.3. The number of methoxy groups -OCH3 is 1. The molecule has 1 fully saturated rings. The van der Waals surface area contributed by atoms with Gasteiger partial charge < -0.3 is 15.4 Å². The first-order valence-corrected chi connectivity index (χ1v) is 11.5. The normalized spacial score (nSPS) is 15.0. The summed E-state index contributed by atoms with van der Waals surface area (Å²) < 4.78 is 32.8. The van der Waals surface area contributed by atoms with Crippen molar-refractivity contribution in [3.63, 3.8) is 0 Å². The van der Waals surface area contributed by atoms with Gasteiger partial charge in [0.05, 0.1) is 36.0 Å². The Labute approximate surface area is 181 Å². The Bertz CT molecular complexity index is 1020. The van der Waals surface area contributed by atoms with Crippen LogP contribution in [0.5, 0.6) is 5.75 Å². The molecule has 1 aromatic heterocycles. The molecular formula is C21H26N4O5S. The molecule has 2 amide bonds. The van der Waals surface area contributed by atoms with Crippen LogP contribution in [0.1, 0.15) is 36.0 Å². The summed E-state index contributed by atoms with van der Waals surface area (Å²) in [5.41, 5.74) is 0.553. The van der Waals surface area contributed by atoms with Crippen molar-refractivity contribution in [2.24, 2.45) is 0 Å². The Kier molecular flexibility index (Phi) is 7.59. The van der Waals surface area contributed by atoms with Gasteiger partial charge in [-0.25, -0.2) is 8.42 Å². The SMILES string of the molecule is COc1ccc(S(=O)(=O)N2CCCCCC2)cc1C(=O)NCC(=O)Nc1cccnc1. The van der Waals surface area contributed by atoms with Crippen LogP contribution in [0.15, 0.2) is 47.6 Å². The van der Waals surface area contributed by atoms with Gasteiger partial charge in [0.15, 0.2) is 0 Å². The van der Waals surface area contributed by atoms with Crippen molar-refractivity contribution >= 4 is 27.5 Å². The van der Waals surface area contributed by atoms with Crippen molar-refractivity contribution in [2.45, 2.75) is 30.6 Å². The lowest BCUT2D eigenvalue weighted by Gasteiger charge is -2.20. The number of nitrogens with zero attached hydrogens (tertiary/aromatic N) is 2. The Hall–Kier alpha value is -2.98. The molecule has 1 aromatic carbocycles. The van der Waals surface area contributed by atoms with E-state index in [0.717, 1.165) is 25.7 Å². The first kappa shape index (κ1) is 22.7. The second kappa shape index (κ2) is 10.4. The fourth-order valence-corrected chi connectivity index (χ4v) is 4.90. The molecular weight excluding hydrogens is 420 g/mol. The third kappa shape index (κ3) is 5.80. The number of anilines is 1. The van der Waals surface area contributed by atoms with E-state index in [1.54, 1.807) is 18.3 Å². The van der Waals surface area contributed by atoms with E-state index in [1.165, 1.54) is 35.8 Å². The minimum atomic E-state index is -3.73. The molecule has 2 aromatic rings. The number of hydrogen-bond acceptors (Lipinski definition) is 6. The minimum absolute atomic E-state index is 0.0279. The van der Waals surface area contributed by atoms with E-state index in [4.69, 9.17) is 4.74 Å². The standard InChI is InChI=1S/C21H26N4O5S/c1-30-19-9-8-17(31(28,29)25-11-4-2-3-5-12-25)13-18(19)21(27)23-15-20(26)24-16-7-6-10-22-14-16/h6-10,13-14H,2-5,11-12,15H2,1H3,(H,23,27)(H,24,26). The third-order valence-electron chi connectivity index (χ3n) is 4.97. The van der Waals surface area contributed by atoms with Crippen LogP contribution in [0.4, 0.5) is 5.69 Å². The number of pyridine rings is 1. The molecule has 0 radical (unpaired) electrons. The number of amides is 2. The molecule has 1 aliphatic heterocycles. The second-order valence-electron chi connectivity index (χ2n) is 7.15. The van der Waals surface area contributed by atoms with Gasteiger partial charge in [-0.15, -0.1) is 0 Å². The molecule has 10 heteroatoms. The molecule has 0 spiro atoms. The minimum Gasteiger partial charge on any atom is -0.496 e. The summed E-state index contributed by atoms with van der Waals surface area (Å²) in [4.78, 5) is 28.7. The van der Waals surface area contributed by atoms with Crippen LogP contribution in [-0.4, -0.2) is 56.3 Å². The van der Waals surface area contributed by atoms with E-state index in [1.807, 2.05) is 0 Å². The van der Waals surface area contributed by atoms with Gasteiger partial charge in [0.1, 0.15) is 5.75 Å². The fraction of sp³-hybridized carbons (Fsp3) is 0.381. The highest BCUT2D eigenvalue weighted by Crippen LogP contribution is 2.26. The van der Waals surface area contributed by atoms with E-state index in [2.05, 4.69) is 15.6 Å². The number of rotatable bonds is 7. The van der Waals surface area contributed by atoms with Crippen molar-refractivity contribution in [2.75, 3.05) is 32.1 Å². The van der Waals surface area contributed by atoms with Gasteiger partial charge in [-0.1, -0.05) is 12.8 Å². The molecule has 0 saturated carbocycles. The molecule has 0 aliphatic carbocycles. The molecule has 9 nitrogen and oxygen atoms in total. The van der Waals surface area contributed by atoms with E-state index in [0.29, 0.717) is 18.8 Å². The molecule has 0 atom stereocenters. The maximum atomic E-state index is 13.1. The van der Waals surface area contributed by atoms with Crippen molar-refractivity contribution < 1.29 is 22.7 Å². The van der Waals surface area contributed by atoms with Crippen LogP contribution in [-0.2, 0) is 14.8 Å². The smallest absolute Gasteiger partial charge is 0.255 e. The summed E-state index contributed by atoms with van der Waals surface area (Å²) in [5, 5.41) is 5.11. The fourth-order valence-electron chi connectivity index (χ4n) is 3.35. The topological polar surface area (TPSA) is 118 Å². The van der Waals surface area contributed by atoms with Crippen molar-refractivity contribution in [3.05, 3.63) is 48.3 Å². The number of benzene rings is 1. The molecule has 1 saturated heterocycles. The van der Waals surface area contributed by atoms with Crippen molar-refractivity contribution in [1.82, 2.24) is 14.6 Å². The van der Waals surface area contributed by atoms with Gasteiger partial charge in [-0.3, -0.25) is 14.6 Å². The Morgan fingerprint density at radius 3 is 2.52 bits per heavy atom. The van der Waals surface area contributed by atoms with E-state index in [9.17, 15) is 18.0 Å². The van der Waals surface area contributed by atoms with Gasteiger partial charge in [-0.05, 0) is 43.2 Å². The maximum Gasteiger partial charge on any atom is 0.255 e. The first-order chi connectivity index (χ1) is 14.9. The molecule has 0 unspecified atom stereocenters. The lowest BCUT2D eigenvalue weighted by molar-refractivity contribution is -0.115. The zero-order valence-corrected chi connectivity index (χ0v) is 18.2. The molecule has 166 valence electrons. The predicted molar refractivity (Wildman–Crippen MR) is 115 cm³/mol. The highest BCUT2D eigenvalue weighted by Gasteiger charge is 2.27. The number of carbonyl (C=O) groups is 2. The van der Waals surface area contributed by atoms with Crippen molar-refractivity contribution in [1.29, 1.82) is 0 Å². The van der Waals surface area contributed by atoms with Gasteiger partial charge in [0.2, 0.25) is 15.9 Å². The molecule has 31 heavy (non-hydrogen) atoms. The van der Waals surface area contributed by atoms with Crippen LogP contribution >= 0.6 is 0 Å². The molecule has 2 heterocycles. The number of ether oxygens (including phenoxy) is 1. The van der Waals surface area contributed by atoms with Crippen LogP contribution in [0, 0.1) is 0 Å². The first-order valence-electron chi connectivity index (χ1n) is 10.1. The molecule has 1 aliphatic rings. The quantitative estimate of drug-likeness (QED) is 0.672. The third-order valence-corrected chi connectivity index (χ3v) is 6.87. The summed E-state index contributed by atoms with van der Waals surface area (Å²) in [6, 6.07) is 7.54. The summed E-state index contributed by atoms with van der Waals surface area (Å²) >= 11 is 0. The lowest BCUT2D eigenvalue weighted by Crippen LogP contribution is -2.34. The summed E-state index contributed by atoms with van der Waals surface area (Å²) in [5.74, 6) is -0.820. The lowest BCUT2D eigenvalue weighted by atomic mass is 10.2. The number of hydrogen-bond donors (Lipinski definition) is 2. The largest absolute Gasteiger partial charge is 0.496 e. The highest BCUT2D eigenvalue weighted by molar-refractivity contribution is 7.89. The number of sulfonamides is 1. The van der Waals surface area contributed by atoms with E-state index in [-0.39, 0.29) is 22.8 Å². The van der Waals surface area contributed by atoms with Gasteiger partial charge in [0.25, 0.3) is 5.91 Å². The number of aromatic nitrogens is 1.